The molecule has 0 bridgehead atoms. The van der Waals surface area contributed by atoms with E-state index in [0.29, 0.717) is 44.3 Å². The predicted octanol–water partition coefficient (Wildman–Crippen LogP) is 0.768. The maximum absolute atomic E-state index is 12.6. The number of carbonyl (C=O) groups is 3. The van der Waals surface area contributed by atoms with Crippen LogP contribution in [0, 0.1) is 0 Å². The number of nitrogens with one attached hydrogen (secondary N) is 2. The largest absolute Gasteiger partial charge is 0.390 e. The number of rotatable bonds is 8. The third kappa shape index (κ3) is 6.68. The average Bonchev–Trinajstić information content (AvgIpc) is 3.29. The molecule has 3 amide bonds. The van der Waals surface area contributed by atoms with Crippen LogP contribution in [0.5, 0.6) is 0 Å². The Morgan fingerprint density at radius 3 is 2.11 bits per heavy atom. The normalized spacial score (nSPS) is 16.6. The lowest BCUT2D eigenvalue weighted by atomic mass is 10.1. The van der Waals surface area contributed by atoms with Crippen LogP contribution < -0.4 is 10.6 Å². The molecule has 2 aliphatic rings. The molecule has 1 heterocycles. The van der Waals surface area contributed by atoms with Crippen molar-refractivity contribution in [2.24, 2.45) is 0 Å². The van der Waals surface area contributed by atoms with Gasteiger partial charge in [-0.25, -0.2) is 0 Å². The first-order valence-electron chi connectivity index (χ1n) is 12.3. The quantitative estimate of drug-likeness (QED) is 0.520. The van der Waals surface area contributed by atoms with Gasteiger partial charge in [0, 0.05) is 57.8 Å². The zero-order valence-corrected chi connectivity index (χ0v) is 20.2. The van der Waals surface area contributed by atoms with Crippen LogP contribution in [-0.2, 0) is 28.9 Å². The summed E-state index contributed by atoms with van der Waals surface area (Å²) in [4.78, 5) is 40.0. The molecule has 1 fully saturated rings. The van der Waals surface area contributed by atoms with Gasteiger partial charge in [0.2, 0.25) is 11.8 Å². The van der Waals surface area contributed by atoms with Gasteiger partial charge in [0.25, 0.3) is 5.91 Å². The molecule has 4 rings (SSSR count). The number of hydrogen-bond donors (Lipinski definition) is 3. The molecule has 186 valence electrons. The summed E-state index contributed by atoms with van der Waals surface area (Å²) in [6.07, 6.45) is 1.50. The van der Waals surface area contributed by atoms with E-state index in [1.54, 1.807) is 41.0 Å². The van der Waals surface area contributed by atoms with Crippen molar-refractivity contribution in [2.75, 3.05) is 39.3 Å². The van der Waals surface area contributed by atoms with E-state index in [2.05, 4.69) is 34.9 Å². The fraction of sp³-hybridized carbons (Fsp3) is 0.444. The highest BCUT2D eigenvalue weighted by molar-refractivity contribution is 5.94. The third-order valence-electron chi connectivity index (χ3n) is 6.84. The maximum atomic E-state index is 12.6. The van der Waals surface area contributed by atoms with Crippen molar-refractivity contribution in [3.05, 3.63) is 70.8 Å². The molecule has 35 heavy (non-hydrogen) atoms. The van der Waals surface area contributed by atoms with E-state index in [9.17, 15) is 19.5 Å². The van der Waals surface area contributed by atoms with E-state index >= 15 is 0 Å². The van der Waals surface area contributed by atoms with E-state index < -0.39 is 6.10 Å². The summed E-state index contributed by atoms with van der Waals surface area (Å²) in [6, 6.07) is 15.7. The molecule has 8 nitrogen and oxygen atoms in total. The molecule has 0 saturated carbocycles. The molecule has 1 unspecified atom stereocenters. The first-order chi connectivity index (χ1) is 16.9. The van der Waals surface area contributed by atoms with Crippen LogP contribution in [0.2, 0.25) is 0 Å². The number of benzene rings is 2. The van der Waals surface area contributed by atoms with Crippen LogP contribution in [-0.4, -0.2) is 84.0 Å². The molecule has 2 aromatic carbocycles. The molecule has 1 aliphatic carbocycles. The van der Waals surface area contributed by atoms with Crippen molar-refractivity contribution >= 4 is 17.7 Å². The molecule has 2 aromatic rings. The van der Waals surface area contributed by atoms with Gasteiger partial charge in [-0.05, 0) is 41.7 Å². The molecule has 1 aliphatic heterocycles. The third-order valence-corrected chi connectivity index (χ3v) is 6.84. The molecule has 3 N–H and O–H groups in total. The van der Waals surface area contributed by atoms with Gasteiger partial charge in [0.1, 0.15) is 0 Å². The Morgan fingerprint density at radius 1 is 0.914 bits per heavy atom. The Morgan fingerprint density at radius 2 is 1.51 bits per heavy atom. The van der Waals surface area contributed by atoms with Gasteiger partial charge in [-0.2, -0.15) is 0 Å². The van der Waals surface area contributed by atoms with E-state index in [1.165, 1.54) is 11.1 Å². The van der Waals surface area contributed by atoms with Gasteiger partial charge in [0.05, 0.1) is 12.5 Å². The molecule has 8 heteroatoms. The van der Waals surface area contributed by atoms with Crippen molar-refractivity contribution < 1.29 is 19.5 Å². The van der Waals surface area contributed by atoms with Gasteiger partial charge >= 0.3 is 0 Å². The number of carbonyl (C=O) groups excluding carboxylic acids is 3. The first kappa shape index (κ1) is 24.9. The molecular formula is C27H34N4O4. The van der Waals surface area contributed by atoms with Crippen LogP contribution in [0.15, 0.2) is 48.5 Å². The van der Waals surface area contributed by atoms with Gasteiger partial charge in [0.15, 0.2) is 0 Å². The molecule has 1 saturated heterocycles. The fourth-order valence-corrected chi connectivity index (χ4v) is 4.72. The minimum Gasteiger partial charge on any atom is -0.390 e. The summed E-state index contributed by atoms with van der Waals surface area (Å²) in [5.74, 6) is -0.198. The monoisotopic (exact) mass is 478 g/mol. The van der Waals surface area contributed by atoms with E-state index in [1.807, 2.05) is 0 Å². The first-order valence-corrected chi connectivity index (χ1v) is 12.3. The Kier molecular flexibility index (Phi) is 8.15. The maximum Gasteiger partial charge on any atom is 0.251 e. The summed E-state index contributed by atoms with van der Waals surface area (Å²) in [7, 11) is 0. The highest BCUT2D eigenvalue weighted by Gasteiger charge is 2.23. The van der Waals surface area contributed by atoms with E-state index in [4.69, 9.17) is 0 Å². The highest BCUT2D eigenvalue weighted by Crippen LogP contribution is 2.21. The van der Waals surface area contributed by atoms with Crippen molar-refractivity contribution in [2.45, 2.75) is 38.3 Å². The molecule has 0 radical (unpaired) electrons. The van der Waals surface area contributed by atoms with Crippen molar-refractivity contribution in [1.29, 1.82) is 0 Å². The van der Waals surface area contributed by atoms with Crippen molar-refractivity contribution in [3.63, 3.8) is 0 Å². The van der Waals surface area contributed by atoms with E-state index in [0.717, 1.165) is 18.4 Å². The molecule has 0 aromatic heterocycles. The molecule has 1 atom stereocenters. The van der Waals surface area contributed by atoms with Gasteiger partial charge in [-0.15, -0.1) is 0 Å². The van der Waals surface area contributed by atoms with Crippen LogP contribution >= 0.6 is 0 Å². The Balaban J connectivity index is 1.16. The lowest BCUT2D eigenvalue weighted by Gasteiger charge is -2.34. The Bertz CT molecular complexity index is 1020. The zero-order chi connectivity index (χ0) is 24.8. The number of hydrogen-bond acceptors (Lipinski definition) is 5. The zero-order valence-electron chi connectivity index (χ0n) is 20.2. The fourth-order valence-electron chi connectivity index (χ4n) is 4.72. The van der Waals surface area contributed by atoms with Crippen molar-refractivity contribution in [3.8, 4) is 0 Å². The average molecular weight is 479 g/mol. The standard InChI is InChI=1S/C27H34N4O4/c1-19(32)30-10-12-31(13-11-30)26(34)14-20-6-8-21(9-7-20)27(35)29-18-25(33)17-28-24-15-22-4-2-3-5-23(22)16-24/h2-9,24-25,28,33H,10-18H2,1H3,(H,29,35). The lowest BCUT2D eigenvalue weighted by molar-refractivity contribution is -0.138. The number of amides is 3. The lowest BCUT2D eigenvalue weighted by Crippen LogP contribution is -2.50. The topological polar surface area (TPSA) is 102 Å². The summed E-state index contributed by atoms with van der Waals surface area (Å²) in [5.41, 5.74) is 4.03. The van der Waals surface area contributed by atoms with Crippen molar-refractivity contribution in [1.82, 2.24) is 20.4 Å². The second kappa shape index (κ2) is 11.5. The molecular weight excluding hydrogens is 444 g/mol. The number of aliphatic hydroxyl groups excluding tert-OH is 1. The Hall–Kier alpha value is -3.23. The number of aliphatic hydroxyl groups is 1. The second-order valence-electron chi connectivity index (χ2n) is 9.41. The molecule has 0 spiro atoms. The minimum absolute atomic E-state index is 0.0198. The highest BCUT2D eigenvalue weighted by atomic mass is 16.3. The van der Waals surface area contributed by atoms with Gasteiger partial charge in [-0.3, -0.25) is 14.4 Å². The SMILES string of the molecule is CC(=O)N1CCN(C(=O)Cc2ccc(C(=O)NCC(O)CNC3Cc4ccccc4C3)cc2)CC1. The van der Waals surface area contributed by atoms with E-state index in [-0.39, 0.29) is 30.7 Å². The minimum atomic E-state index is -0.678. The number of fused-ring (bicyclic) bond motifs is 1. The van der Waals surface area contributed by atoms with Gasteiger partial charge < -0.3 is 25.5 Å². The van der Waals surface area contributed by atoms with Gasteiger partial charge in [-0.1, -0.05) is 36.4 Å². The number of nitrogens with zero attached hydrogens (tertiary/aromatic N) is 2. The summed E-state index contributed by atoms with van der Waals surface area (Å²) < 4.78 is 0. The predicted molar refractivity (Wildman–Crippen MR) is 133 cm³/mol. The Labute approximate surface area is 206 Å². The smallest absolute Gasteiger partial charge is 0.251 e. The van der Waals surface area contributed by atoms with Crippen LogP contribution in [0.1, 0.15) is 34.0 Å². The van der Waals surface area contributed by atoms with Crippen LogP contribution in [0.3, 0.4) is 0 Å². The summed E-state index contributed by atoms with van der Waals surface area (Å²) in [5, 5.41) is 16.5. The summed E-state index contributed by atoms with van der Waals surface area (Å²) in [6.45, 7) is 4.35. The van der Waals surface area contributed by atoms with Crippen LogP contribution in [0.4, 0.5) is 0 Å². The second-order valence-corrected chi connectivity index (χ2v) is 9.41. The number of piperazine rings is 1. The summed E-state index contributed by atoms with van der Waals surface area (Å²) >= 11 is 0. The van der Waals surface area contributed by atoms with Crippen LogP contribution in [0.25, 0.3) is 0 Å².